The number of hydrogen-bond donors (Lipinski definition) is 1. The highest BCUT2D eigenvalue weighted by Gasteiger charge is 2.15. The van der Waals surface area contributed by atoms with Gasteiger partial charge in [0.2, 0.25) is 5.91 Å². The second-order valence-electron chi connectivity index (χ2n) is 5.88. The highest BCUT2D eigenvalue weighted by Crippen LogP contribution is 2.23. The highest BCUT2D eigenvalue weighted by atomic mass is 32.2. The summed E-state index contributed by atoms with van der Waals surface area (Å²) in [6, 6.07) is 8.14. The summed E-state index contributed by atoms with van der Waals surface area (Å²) >= 11 is 1.80. The number of nitrogens with one attached hydrogen (secondary N) is 1. The Morgan fingerprint density at radius 3 is 2.32 bits per heavy atom. The van der Waals surface area contributed by atoms with Gasteiger partial charge in [-0.25, -0.2) is 0 Å². The van der Waals surface area contributed by atoms with Gasteiger partial charge in [0.1, 0.15) is 0 Å². The number of hydrogen-bond acceptors (Lipinski definition) is 2. The quantitative estimate of drug-likeness (QED) is 0.870. The van der Waals surface area contributed by atoms with Crippen molar-refractivity contribution in [2.45, 2.75) is 40.0 Å². The maximum atomic E-state index is 12.0. The van der Waals surface area contributed by atoms with Crippen LogP contribution in [0.2, 0.25) is 0 Å². The van der Waals surface area contributed by atoms with Crippen molar-refractivity contribution in [3.63, 3.8) is 0 Å². The lowest BCUT2D eigenvalue weighted by Gasteiger charge is -2.19. The lowest BCUT2D eigenvalue weighted by atomic mass is 9.87. The molecular formula is C16H25NOS. The third-order valence-corrected chi connectivity index (χ3v) is 4.18. The Morgan fingerprint density at radius 1 is 1.26 bits per heavy atom. The first-order valence-corrected chi connectivity index (χ1v) is 7.99. The Bertz CT molecular complexity index is 406. The number of anilines is 1. The van der Waals surface area contributed by atoms with E-state index in [0.29, 0.717) is 0 Å². The monoisotopic (exact) mass is 279 g/mol. The van der Waals surface area contributed by atoms with Crippen molar-refractivity contribution < 1.29 is 4.79 Å². The molecule has 19 heavy (non-hydrogen) atoms. The largest absolute Gasteiger partial charge is 0.326 e. The number of rotatable bonds is 5. The molecule has 1 amide bonds. The van der Waals surface area contributed by atoms with Gasteiger partial charge in [0.15, 0.2) is 0 Å². The van der Waals surface area contributed by atoms with Gasteiger partial charge in [0.25, 0.3) is 0 Å². The first kappa shape index (κ1) is 16.1. The van der Waals surface area contributed by atoms with Gasteiger partial charge in [-0.3, -0.25) is 4.79 Å². The van der Waals surface area contributed by atoms with E-state index in [-0.39, 0.29) is 17.2 Å². The minimum Gasteiger partial charge on any atom is -0.326 e. The van der Waals surface area contributed by atoms with E-state index < -0.39 is 0 Å². The second-order valence-corrected chi connectivity index (χ2v) is 7.20. The van der Waals surface area contributed by atoms with E-state index in [1.165, 1.54) is 5.56 Å². The van der Waals surface area contributed by atoms with Gasteiger partial charge < -0.3 is 5.32 Å². The molecule has 0 saturated heterocycles. The average molecular weight is 279 g/mol. The van der Waals surface area contributed by atoms with Crippen LogP contribution < -0.4 is 5.32 Å². The van der Waals surface area contributed by atoms with Gasteiger partial charge in [0, 0.05) is 17.4 Å². The van der Waals surface area contributed by atoms with Crippen LogP contribution in [0.3, 0.4) is 0 Å². The summed E-state index contributed by atoms with van der Waals surface area (Å²) in [4.78, 5) is 12.0. The number of carbonyl (C=O) groups excluding carboxylic acids is 1. The fourth-order valence-electron chi connectivity index (χ4n) is 1.69. The summed E-state index contributed by atoms with van der Waals surface area (Å²) in [5, 5.41) is 2.98. The molecule has 1 unspecified atom stereocenters. The molecule has 0 aliphatic heterocycles. The topological polar surface area (TPSA) is 29.1 Å². The maximum Gasteiger partial charge on any atom is 0.228 e. The summed E-state index contributed by atoms with van der Waals surface area (Å²) in [6.45, 7) is 10.6. The van der Waals surface area contributed by atoms with E-state index in [1.807, 2.05) is 19.1 Å². The zero-order chi connectivity index (χ0) is 14.5. The van der Waals surface area contributed by atoms with Gasteiger partial charge in [-0.15, -0.1) is 0 Å². The molecule has 1 aromatic rings. The lowest BCUT2D eigenvalue weighted by molar-refractivity contribution is -0.118. The Balaban J connectivity index is 2.60. The Morgan fingerprint density at radius 2 is 1.84 bits per heavy atom. The molecule has 106 valence electrons. The molecule has 0 aliphatic carbocycles. The van der Waals surface area contributed by atoms with Crippen LogP contribution in [-0.2, 0) is 10.2 Å². The van der Waals surface area contributed by atoms with Crippen LogP contribution in [0.1, 0.15) is 40.2 Å². The molecule has 0 radical (unpaired) electrons. The van der Waals surface area contributed by atoms with Gasteiger partial charge in [-0.1, -0.05) is 46.8 Å². The summed E-state index contributed by atoms with van der Waals surface area (Å²) in [5.41, 5.74) is 2.31. The van der Waals surface area contributed by atoms with Crippen LogP contribution in [0.25, 0.3) is 0 Å². The fourth-order valence-corrected chi connectivity index (χ4v) is 2.43. The van der Waals surface area contributed by atoms with Crippen LogP contribution >= 0.6 is 11.8 Å². The summed E-state index contributed by atoms with van der Waals surface area (Å²) < 4.78 is 0. The average Bonchev–Trinajstić information content (AvgIpc) is 2.35. The third kappa shape index (κ3) is 5.27. The molecule has 0 aromatic heterocycles. The first-order chi connectivity index (χ1) is 8.84. The number of amides is 1. The molecule has 3 heteroatoms. The van der Waals surface area contributed by atoms with E-state index in [2.05, 4.69) is 45.1 Å². The molecule has 0 spiro atoms. The molecule has 0 bridgehead atoms. The molecule has 2 nitrogen and oxygen atoms in total. The fraction of sp³-hybridized carbons (Fsp3) is 0.562. The number of carbonyl (C=O) groups is 1. The molecule has 0 fully saturated rings. The predicted octanol–water partition coefficient (Wildman–Crippen LogP) is 4.31. The molecule has 1 N–H and O–H groups in total. The van der Waals surface area contributed by atoms with Crippen LogP contribution in [0.15, 0.2) is 24.3 Å². The van der Waals surface area contributed by atoms with Gasteiger partial charge in [0.05, 0.1) is 0 Å². The molecular weight excluding hydrogens is 254 g/mol. The molecule has 1 aromatic carbocycles. The number of benzene rings is 1. The van der Waals surface area contributed by atoms with Gasteiger partial charge in [-0.05, 0) is 28.9 Å². The smallest absolute Gasteiger partial charge is 0.228 e. The van der Waals surface area contributed by atoms with Crippen molar-refractivity contribution in [1.29, 1.82) is 0 Å². The second kappa shape index (κ2) is 6.99. The van der Waals surface area contributed by atoms with Crippen molar-refractivity contribution in [3.05, 3.63) is 29.8 Å². The minimum atomic E-state index is 0.0484. The lowest BCUT2D eigenvalue weighted by Crippen LogP contribution is -2.22. The van der Waals surface area contributed by atoms with E-state index in [4.69, 9.17) is 0 Å². The zero-order valence-corrected chi connectivity index (χ0v) is 13.4. The van der Waals surface area contributed by atoms with Crippen molar-refractivity contribution in [1.82, 2.24) is 0 Å². The maximum absolute atomic E-state index is 12.0. The van der Waals surface area contributed by atoms with E-state index >= 15 is 0 Å². The summed E-state index contributed by atoms with van der Waals surface area (Å²) in [7, 11) is 0. The standard InChI is InChI=1S/C16H25NOS/c1-6-19-11-12(2)15(18)17-14-9-7-13(8-10-14)16(3,4)5/h7-10,12H,6,11H2,1-5H3,(H,17,18). The zero-order valence-electron chi connectivity index (χ0n) is 12.6. The van der Waals surface area contributed by atoms with E-state index in [1.54, 1.807) is 11.8 Å². The van der Waals surface area contributed by atoms with Crippen molar-refractivity contribution in [3.8, 4) is 0 Å². The Hall–Kier alpha value is -0.960. The molecule has 0 heterocycles. The Kier molecular flexibility index (Phi) is 5.92. The molecule has 0 aliphatic rings. The third-order valence-electron chi connectivity index (χ3n) is 3.04. The number of thioether (sulfide) groups is 1. The summed E-state index contributed by atoms with van der Waals surface area (Å²) in [5.74, 6) is 2.08. The Labute approximate surface area is 121 Å². The molecule has 1 rings (SSSR count). The van der Waals surface area contributed by atoms with Gasteiger partial charge in [-0.2, -0.15) is 11.8 Å². The van der Waals surface area contributed by atoms with Crippen LogP contribution in [0.5, 0.6) is 0 Å². The van der Waals surface area contributed by atoms with Crippen molar-refractivity contribution >= 4 is 23.4 Å². The SMILES string of the molecule is CCSCC(C)C(=O)Nc1ccc(C(C)(C)C)cc1. The van der Waals surface area contributed by atoms with E-state index in [0.717, 1.165) is 17.2 Å². The molecule has 1 atom stereocenters. The van der Waals surface area contributed by atoms with Crippen LogP contribution in [-0.4, -0.2) is 17.4 Å². The first-order valence-electron chi connectivity index (χ1n) is 6.83. The molecule has 0 saturated carbocycles. The predicted molar refractivity (Wildman–Crippen MR) is 85.9 cm³/mol. The minimum absolute atomic E-state index is 0.0484. The van der Waals surface area contributed by atoms with Crippen LogP contribution in [0, 0.1) is 5.92 Å². The van der Waals surface area contributed by atoms with Crippen molar-refractivity contribution in [2.75, 3.05) is 16.8 Å². The summed E-state index contributed by atoms with van der Waals surface area (Å²) in [6.07, 6.45) is 0. The van der Waals surface area contributed by atoms with Crippen LogP contribution in [0.4, 0.5) is 5.69 Å². The highest BCUT2D eigenvalue weighted by molar-refractivity contribution is 7.99. The van der Waals surface area contributed by atoms with E-state index in [9.17, 15) is 4.79 Å². The normalized spacial score (nSPS) is 13.1. The van der Waals surface area contributed by atoms with Crippen molar-refractivity contribution in [2.24, 2.45) is 5.92 Å². The van der Waals surface area contributed by atoms with Gasteiger partial charge >= 0.3 is 0 Å².